The fraction of sp³-hybridized carbons (Fsp3) is 0.833. The van der Waals surface area contributed by atoms with Crippen molar-refractivity contribution >= 4 is 0 Å². The van der Waals surface area contributed by atoms with E-state index in [1.807, 2.05) is 6.20 Å². The van der Waals surface area contributed by atoms with Gasteiger partial charge in [-0.1, -0.05) is 46.0 Å². The zero-order chi connectivity index (χ0) is 15.1. The number of hydrogen-bond acceptors (Lipinski definition) is 2. The lowest BCUT2D eigenvalue weighted by molar-refractivity contribution is 0.211. The van der Waals surface area contributed by atoms with Crippen molar-refractivity contribution in [2.24, 2.45) is 11.8 Å². The Balaban J connectivity index is 1.94. The highest BCUT2D eigenvalue weighted by Crippen LogP contribution is 2.38. The molecule has 1 atom stereocenters. The molecule has 1 saturated carbocycles. The molecule has 0 aliphatic heterocycles. The van der Waals surface area contributed by atoms with Crippen LogP contribution in [-0.4, -0.2) is 16.6 Å². The van der Waals surface area contributed by atoms with Gasteiger partial charge in [0.25, 0.3) is 0 Å². The first-order valence-electron chi connectivity index (χ1n) is 8.98. The second kappa shape index (κ2) is 8.57. The summed E-state index contributed by atoms with van der Waals surface area (Å²) < 4.78 is 2.34. The van der Waals surface area contributed by atoms with Gasteiger partial charge in [-0.15, -0.1) is 0 Å². The van der Waals surface area contributed by atoms with E-state index in [1.165, 1.54) is 57.2 Å². The second-order valence-corrected chi connectivity index (χ2v) is 6.67. The van der Waals surface area contributed by atoms with Gasteiger partial charge in [-0.3, -0.25) is 0 Å². The second-order valence-electron chi connectivity index (χ2n) is 6.67. The van der Waals surface area contributed by atoms with Crippen molar-refractivity contribution in [2.75, 3.05) is 7.05 Å². The van der Waals surface area contributed by atoms with Crippen LogP contribution in [0.4, 0.5) is 0 Å². The molecule has 2 rings (SSSR count). The molecule has 3 heteroatoms. The fourth-order valence-electron chi connectivity index (χ4n) is 3.91. The Labute approximate surface area is 130 Å². The number of rotatable bonds is 8. The van der Waals surface area contributed by atoms with Gasteiger partial charge < -0.3 is 9.88 Å². The summed E-state index contributed by atoms with van der Waals surface area (Å²) in [4.78, 5) is 4.65. The maximum absolute atomic E-state index is 4.65. The topological polar surface area (TPSA) is 29.9 Å². The monoisotopic (exact) mass is 291 g/mol. The number of nitrogens with zero attached hydrogens (tertiary/aromatic N) is 2. The molecule has 3 nitrogen and oxygen atoms in total. The van der Waals surface area contributed by atoms with E-state index in [-0.39, 0.29) is 0 Å². The first-order valence-corrected chi connectivity index (χ1v) is 8.98. The van der Waals surface area contributed by atoms with Crippen molar-refractivity contribution in [3.63, 3.8) is 0 Å². The molecule has 1 aromatic heterocycles. The van der Waals surface area contributed by atoms with Gasteiger partial charge in [-0.05, 0) is 38.1 Å². The number of nitrogens with one attached hydrogen (secondary N) is 1. The highest BCUT2D eigenvalue weighted by atomic mass is 15.1. The molecule has 0 aromatic carbocycles. The average molecular weight is 291 g/mol. The minimum Gasteiger partial charge on any atom is -0.334 e. The zero-order valence-electron chi connectivity index (χ0n) is 14.1. The van der Waals surface area contributed by atoms with Gasteiger partial charge in [0.05, 0.1) is 6.04 Å². The molecule has 0 spiro atoms. The number of aryl methyl sites for hydroxylation is 1. The number of hydrogen-bond donors (Lipinski definition) is 1. The van der Waals surface area contributed by atoms with Crippen LogP contribution in [0.5, 0.6) is 0 Å². The van der Waals surface area contributed by atoms with Crippen molar-refractivity contribution in [2.45, 2.75) is 77.8 Å². The van der Waals surface area contributed by atoms with Crippen molar-refractivity contribution in [1.82, 2.24) is 14.9 Å². The standard InChI is InChI=1S/C18H33N3/c1-4-6-7-15-8-10-16(11-9-15)17(19-3)18-20-12-14-21(18)13-5-2/h12,14-17,19H,4-11,13H2,1-3H3. The normalized spacial score (nSPS) is 24.1. The summed E-state index contributed by atoms with van der Waals surface area (Å²) in [6, 6.07) is 0.429. The van der Waals surface area contributed by atoms with E-state index < -0.39 is 0 Å². The van der Waals surface area contributed by atoms with E-state index in [9.17, 15) is 0 Å². The molecule has 1 aromatic rings. The summed E-state index contributed by atoms with van der Waals surface area (Å²) in [5, 5.41) is 3.55. The van der Waals surface area contributed by atoms with Crippen LogP contribution < -0.4 is 5.32 Å². The molecule has 120 valence electrons. The van der Waals surface area contributed by atoms with Crippen molar-refractivity contribution in [1.29, 1.82) is 0 Å². The predicted molar refractivity (Wildman–Crippen MR) is 89.3 cm³/mol. The zero-order valence-corrected chi connectivity index (χ0v) is 14.1. The summed E-state index contributed by atoms with van der Waals surface area (Å²) >= 11 is 0. The predicted octanol–water partition coefficient (Wildman–Crippen LogP) is 4.55. The summed E-state index contributed by atoms with van der Waals surface area (Å²) in [6.07, 6.45) is 15.0. The quantitative estimate of drug-likeness (QED) is 0.761. The van der Waals surface area contributed by atoms with Crippen LogP contribution in [0.15, 0.2) is 12.4 Å². The van der Waals surface area contributed by atoms with Gasteiger partial charge in [0.15, 0.2) is 0 Å². The molecule has 1 heterocycles. The Hall–Kier alpha value is -0.830. The van der Waals surface area contributed by atoms with Crippen LogP contribution >= 0.6 is 0 Å². The number of unbranched alkanes of at least 4 members (excludes halogenated alkanes) is 1. The molecular weight excluding hydrogens is 258 g/mol. The Morgan fingerprint density at radius 2 is 2.00 bits per heavy atom. The van der Waals surface area contributed by atoms with Crippen LogP contribution in [0.25, 0.3) is 0 Å². The molecule has 1 unspecified atom stereocenters. The molecule has 1 fully saturated rings. The van der Waals surface area contributed by atoms with Gasteiger partial charge in [0.1, 0.15) is 5.82 Å². The fourth-order valence-corrected chi connectivity index (χ4v) is 3.91. The van der Waals surface area contributed by atoms with Gasteiger partial charge in [0.2, 0.25) is 0 Å². The molecule has 0 saturated heterocycles. The molecule has 0 amide bonds. The van der Waals surface area contributed by atoms with Gasteiger partial charge >= 0.3 is 0 Å². The summed E-state index contributed by atoms with van der Waals surface area (Å²) in [7, 11) is 2.10. The highest BCUT2D eigenvalue weighted by Gasteiger charge is 2.29. The third-order valence-electron chi connectivity index (χ3n) is 5.13. The summed E-state index contributed by atoms with van der Waals surface area (Å²) in [5.74, 6) is 2.98. The van der Waals surface area contributed by atoms with E-state index in [2.05, 4.69) is 42.0 Å². The van der Waals surface area contributed by atoms with Crippen LogP contribution in [0, 0.1) is 11.8 Å². The van der Waals surface area contributed by atoms with E-state index in [0.717, 1.165) is 18.4 Å². The lowest BCUT2D eigenvalue weighted by Crippen LogP contribution is -2.31. The first kappa shape index (κ1) is 16.5. The van der Waals surface area contributed by atoms with E-state index in [4.69, 9.17) is 0 Å². The van der Waals surface area contributed by atoms with Gasteiger partial charge in [0, 0.05) is 18.9 Å². The largest absolute Gasteiger partial charge is 0.334 e. The Morgan fingerprint density at radius 1 is 1.24 bits per heavy atom. The van der Waals surface area contributed by atoms with Crippen LogP contribution in [0.2, 0.25) is 0 Å². The summed E-state index contributed by atoms with van der Waals surface area (Å²) in [6.45, 7) is 5.62. The van der Waals surface area contributed by atoms with Crippen molar-refractivity contribution in [3.8, 4) is 0 Å². The Kier molecular flexibility index (Phi) is 6.75. The molecule has 1 N–H and O–H groups in total. The maximum atomic E-state index is 4.65. The molecule has 21 heavy (non-hydrogen) atoms. The molecule has 0 bridgehead atoms. The first-order chi connectivity index (χ1) is 10.3. The average Bonchev–Trinajstić information content (AvgIpc) is 2.96. The molecular formula is C18H33N3. The summed E-state index contributed by atoms with van der Waals surface area (Å²) in [5.41, 5.74) is 0. The van der Waals surface area contributed by atoms with Crippen LogP contribution in [0.1, 0.15) is 77.1 Å². The van der Waals surface area contributed by atoms with Crippen molar-refractivity contribution in [3.05, 3.63) is 18.2 Å². The van der Waals surface area contributed by atoms with E-state index >= 15 is 0 Å². The third-order valence-corrected chi connectivity index (χ3v) is 5.13. The SMILES string of the molecule is CCCCC1CCC(C(NC)c2nccn2CCC)CC1. The lowest BCUT2D eigenvalue weighted by Gasteiger charge is -2.33. The molecule has 1 aliphatic carbocycles. The van der Waals surface area contributed by atoms with Crippen LogP contribution in [-0.2, 0) is 6.54 Å². The van der Waals surface area contributed by atoms with Crippen LogP contribution in [0.3, 0.4) is 0 Å². The van der Waals surface area contributed by atoms with Gasteiger partial charge in [-0.25, -0.2) is 4.98 Å². The maximum Gasteiger partial charge on any atom is 0.126 e. The highest BCUT2D eigenvalue weighted by molar-refractivity contribution is 5.02. The lowest BCUT2D eigenvalue weighted by atomic mass is 9.76. The molecule has 0 radical (unpaired) electrons. The molecule has 1 aliphatic rings. The minimum absolute atomic E-state index is 0.429. The van der Waals surface area contributed by atoms with Gasteiger partial charge in [-0.2, -0.15) is 0 Å². The smallest absolute Gasteiger partial charge is 0.126 e. The van der Waals surface area contributed by atoms with E-state index in [0.29, 0.717) is 6.04 Å². The van der Waals surface area contributed by atoms with E-state index in [1.54, 1.807) is 0 Å². The Bertz CT molecular complexity index is 391. The minimum atomic E-state index is 0.429. The third kappa shape index (κ3) is 4.32. The number of imidazole rings is 1. The Morgan fingerprint density at radius 3 is 2.62 bits per heavy atom. The number of aromatic nitrogens is 2. The van der Waals surface area contributed by atoms with Crippen molar-refractivity contribution < 1.29 is 0 Å².